The van der Waals surface area contributed by atoms with Gasteiger partial charge in [-0.3, -0.25) is 9.59 Å². The zero-order valence-electron chi connectivity index (χ0n) is 37.4. The number of carbonyl (C=O) groups is 4. The lowest BCUT2D eigenvalue weighted by Crippen LogP contribution is -2.54. The number of methoxy groups -OCH3 is 2. The lowest BCUT2D eigenvalue weighted by Gasteiger charge is -2.36. The van der Waals surface area contributed by atoms with Gasteiger partial charge in [-0.25, -0.2) is 19.6 Å². The predicted octanol–water partition coefficient (Wildman–Crippen LogP) is 7.69. The molecular formula is C48H58N8O8. The van der Waals surface area contributed by atoms with E-state index < -0.39 is 24.3 Å². The molecule has 16 heteroatoms. The number of nitrogens with one attached hydrogen (secondary N) is 4. The van der Waals surface area contributed by atoms with Gasteiger partial charge in [-0.15, -0.1) is 0 Å². The Morgan fingerprint density at radius 2 is 1.53 bits per heavy atom. The molecule has 338 valence electrons. The van der Waals surface area contributed by atoms with Gasteiger partial charge in [0, 0.05) is 36.2 Å². The number of likely N-dealkylation sites (tertiary alicyclic amines) is 2. The number of aromatic amines is 2. The van der Waals surface area contributed by atoms with Gasteiger partial charge >= 0.3 is 12.2 Å². The summed E-state index contributed by atoms with van der Waals surface area (Å²) in [6, 6.07) is 12.7. The van der Waals surface area contributed by atoms with E-state index in [4.69, 9.17) is 28.9 Å². The predicted molar refractivity (Wildman–Crippen MR) is 239 cm³/mol. The number of nitrogens with zero attached hydrogens (tertiary/aromatic N) is 4. The topological polar surface area (TPSA) is 193 Å². The van der Waals surface area contributed by atoms with E-state index in [2.05, 4.69) is 57.0 Å². The van der Waals surface area contributed by atoms with Crippen LogP contribution in [0.2, 0.25) is 0 Å². The molecule has 0 spiro atoms. The van der Waals surface area contributed by atoms with Crippen molar-refractivity contribution >= 4 is 45.8 Å². The van der Waals surface area contributed by atoms with Gasteiger partial charge in [0.05, 0.1) is 49.2 Å². The van der Waals surface area contributed by atoms with Crippen molar-refractivity contribution in [2.24, 2.45) is 11.8 Å². The van der Waals surface area contributed by atoms with Crippen LogP contribution in [0.3, 0.4) is 0 Å². The lowest BCUT2D eigenvalue weighted by molar-refractivity contribution is -0.139. The molecule has 3 aromatic carbocycles. The molecule has 3 unspecified atom stereocenters. The number of aromatic nitrogens is 4. The quantitative estimate of drug-likeness (QED) is 0.108. The Hall–Kier alpha value is -6.16. The molecule has 6 heterocycles. The molecule has 9 rings (SSSR count). The summed E-state index contributed by atoms with van der Waals surface area (Å²) >= 11 is 0. The van der Waals surface area contributed by atoms with Gasteiger partial charge in [0.1, 0.15) is 36.1 Å². The summed E-state index contributed by atoms with van der Waals surface area (Å²) in [5.74, 6) is 1.81. The second-order valence-electron chi connectivity index (χ2n) is 17.9. The van der Waals surface area contributed by atoms with E-state index in [1.54, 1.807) is 0 Å². The van der Waals surface area contributed by atoms with Crippen molar-refractivity contribution in [3.8, 4) is 28.1 Å². The fraction of sp³-hybridized carbons (Fsp3) is 0.500. The molecule has 4 amide bonds. The number of hydrogen-bond donors (Lipinski definition) is 4. The van der Waals surface area contributed by atoms with Crippen LogP contribution in [0.5, 0.6) is 5.75 Å². The number of H-pyrrole nitrogens is 2. The van der Waals surface area contributed by atoms with Crippen molar-refractivity contribution in [2.45, 2.75) is 115 Å². The number of hydrogen-bond acceptors (Lipinski definition) is 10. The highest BCUT2D eigenvalue weighted by Gasteiger charge is 2.44. The fourth-order valence-corrected chi connectivity index (χ4v) is 10.3. The maximum Gasteiger partial charge on any atom is 0.407 e. The number of amides is 4. The number of alkyl carbamates (subject to hydrolysis) is 2. The minimum absolute atomic E-state index is 0.0274. The SMILES string of the molecule is CC[C@H](C)C(NC(=O)OC)C(=O)N1C(c2nc3ccc4cc5c(cc4c3[nH]2)OCc2cc(-c3cnc(C4CC[C@H](C)N4C(=O)[C@@H](NC(=O)OC)C4CCOCC4)[nH]3)ccc2-5)CC[C@@H]1C. The highest BCUT2D eigenvalue weighted by molar-refractivity contribution is 6.07. The van der Waals surface area contributed by atoms with Crippen LogP contribution < -0.4 is 15.4 Å². The number of ether oxygens (including phenoxy) is 4. The third kappa shape index (κ3) is 7.90. The third-order valence-electron chi connectivity index (χ3n) is 14.2. The molecule has 4 N–H and O–H groups in total. The normalized spacial score (nSPS) is 22.3. The minimum atomic E-state index is -0.715. The number of benzene rings is 3. The zero-order valence-corrected chi connectivity index (χ0v) is 37.4. The van der Waals surface area contributed by atoms with Gasteiger partial charge in [0.2, 0.25) is 11.8 Å². The van der Waals surface area contributed by atoms with Crippen LogP contribution in [-0.4, -0.2) is 105 Å². The van der Waals surface area contributed by atoms with Crippen molar-refractivity contribution in [2.75, 3.05) is 27.4 Å². The first-order valence-corrected chi connectivity index (χ1v) is 22.7. The summed E-state index contributed by atoms with van der Waals surface area (Å²) in [6.45, 7) is 9.54. The van der Waals surface area contributed by atoms with E-state index in [9.17, 15) is 19.2 Å². The maximum absolute atomic E-state index is 14.3. The molecule has 0 aliphatic carbocycles. The third-order valence-corrected chi connectivity index (χ3v) is 14.2. The second kappa shape index (κ2) is 17.8. The molecule has 2 aromatic heterocycles. The van der Waals surface area contributed by atoms with Gasteiger partial charge in [-0.1, -0.05) is 38.5 Å². The first-order valence-electron chi connectivity index (χ1n) is 22.7. The Labute approximate surface area is 372 Å². The summed E-state index contributed by atoms with van der Waals surface area (Å²) in [7, 11) is 2.62. The Kier molecular flexibility index (Phi) is 12.0. The van der Waals surface area contributed by atoms with Crippen molar-refractivity contribution in [1.29, 1.82) is 0 Å². The molecule has 5 aromatic rings. The van der Waals surface area contributed by atoms with Crippen molar-refractivity contribution in [1.82, 2.24) is 40.4 Å². The van der Waals surface area contributed by atoms with E-state index in [-0.39, 0.29) is 47.8 Å². The molecule has 7 atom stereocenters. The van der Waals surface area contributed by atoms with Crippen LogP contribution >= 0.6 is 0 Å². The Morgan fingerprint density at radius 1 is 0.828 bits per heavy atom. The van der Waals surface area contributed by atoms with E-state index in [1.165, 1.54) is 14.2 Å². The largest absolute Gasteiger partial charge is 0.488 e. The van der Waals surface area contributed by atoms with Crippen molar-refractivity contribution < 1.29 is 38.1 Å². The van der Waals surface area contributed by atoms with E-state index in [0.29, 0.717) is 38.5 Å². The summed E-state index contributed by atoms with van der Waals surface area (Å²) in [5.41, 5.74) is 6.60. The van der Waals surface area contributed by atoms with Crippen LogP contribution in [0.4, 0.5) is 9.59 Å². The average molecular weight is 875 g/mol. The number of rotatable bonds is 10. The standard InChI is InChI=1S/C48H58N8O8/c1-7-25(2)40(53-47(59)61-5)45(57)56-27(4)9-15-38(56)44-50-35-13-11-29-21-34-32-12-10-30(20-31(32)24-64-39(34)22-33(29)42(35)52-44)36-23-49-43(51-36)37-14-8-26(3)55(37)46(58)41(54-48(60)62-6)28-16-18-63-19-17-28/h10-13,20-23,25-28,37-38,40-41H,7-9,14-19,24H2,1-6H3,(H,49,51)(H,50,52)(H,53,59)(H,54,60)/t25-,26-,27-,37?,38?,40?,41-/m0/s1. The van der Waals surface area contributed by atoms with Crippen LogP contribution in [0.1, 0.15) is 102 Å². The molecule has 4 aliphatic heterocycles. The van der Waals surface area contributed by atoms with Gasteiger partial charge < -0.3 is 49.3 Å². The molecule has 16 nitrogen and oxygen atoms in total. The molecule has 0 bridgehead atoms. The molecule has 0 radical (unpaired) electrons. The average Bonchev–Trinajstić information content (AvgIpc) is 4.14. The first-order chi connectivity index (χ1) is 31.0. The second-order valence-corrected chi connectivity index (χ2v) is 17.9. The smallest absolute Gasteiger partial charge is 0.407 e. The zero-order chi connectivity index (χ0) is 44.8. The van der Waals surface area contributed by atoms with Gasteiger partial charge in [-0.05, 0) is 111 Å². The van der Waals surface area contributed by atoms with Gasteiger partial charge in [0.15, 0.2) is 0 Å². The van der Waals surface area contributed by atoms with Gasteiger partial charge in [-0.2, -0.15) is 0 Å². The van der Waals surface area contributed by atoms with Gasteiger partial charge in [0.25, 0.3) is 0 Å². The molecule has 3 saturated heterocycles. The van der Waals surface area contributed by atoms with E-state index >= 15 is 0 Å². The summed E-state index contributed by atoms with van der Waals surface area (Å²) in [5, 5.41) is 7.63. The van der Waals surface area contributed by atoms with E-state index in [1.807, 2.05) is 49.8 Å². The number of imidazole rings is 2. The van der Waals surface area contributed by atoms with Crippen LogP contribution in [0.15, 0.2) is 48.7 Å². The molecule has 0 saturated carbocycles. The van der Waals surface area contributed by atoms with Crippen LogP contribution in [0.25, 0.3) is 44.2 Å². The highest BCUT2D eigenvalue weighted by atomic mass is 16.5. The molecule has 4 aliphatic rings. The maximum atomic E-state index is 14.3. The summed E-state index contributed by atoms with van der Waals surface area (Å²) in [6.07, 6.45) is 5.79. The number of fused-ring (bicyclic) bond motifs is 6. The molecule has 64 heavy (non-hydrogen) atoms. The van der Waals surface area contributed by atoms with Crippen LogP contribution in [-0.2, 0) is 30.4 Å². The molecule has 3 fully saturated rings. The van der Waals surface area contributed by atoms with Crippen molar-refractivity contribution in [3.63, 3.8) is 0 Å². The Bertz CT molecular complexity index is 2580. The Morgan fingerprint density at radius 3 is 2.25 bits per heavy atom. The Balaban J connectivity index is 0.960. The van der Waals surface area contributed by atoms with E-state index in [0.717, 1.165) is 93.4 Å². The van der Waals surface area contributed by atoms with Crippen molar-refractivity contribution in [3.05, 3.63) is 65.9 Å². The lowest BCUT2D eigenvalue weighted by atomic mass is 9.90. The summed E-state index contributed by atoms with van der Waals surface area (Å²) < 4.78 is 21.8. The fourth-order valence-electron chi connectivity index (χ4n) is 10.3. The minimum Gasteiger partial charge on any atom is -0.488 e. The highest BCUT2D eigenvalue weighted by Crippen LogP contribution is 2.44. The first kappa shape index (κ1) is 43.1. The van der Waals surface area contributed by atoms with Crippen LogP contribution in [0, 0.1) is 11.8 Å². The summed E-state index contributed by atoms with van der Waals surface area (Å²) in [4.78, 5) is 73.9. The monoisotopic (exact) mass is 874 g/mol. The molecular weight excluding hydrogens is 817 g/mol. The number of carbonyl (C=O) groups excluding carboxylic acids is 4.